The molecule has 0 spiro atoms. The highest BCUT2D eigenvalue weighted by Gasteiger charge is 2.06. The Labute approximate surface area is 117 Å². The predicted molar refractivity (Wildman–Crippen MR) is 82.7 cm³/mol. The summed E-state index contributed by atoms with van der Waals surface area (Å²) in [4.78, 5) is 8.79. The molecule has 0 amide bonds. The molecule has 4 heteroatoms. The van der Waals surface area contributed by atoms with Gasteiger partial charge in [0.05, 0.1) is 0 Å². The summed E-state index contributed by atoms with van der Waals surface area (Å²) in [6.07, 6.45) is 3.73. The van der Waals surface area contributed by atoms with Crippen molar-refractivity contribution in [1.82, 2.24) is 9.97 Å². The second kappa shape index (κ2) is 7.97. The molecule has 1 heterocycles. The molecule has 1 atom stereocenters. The van der Waals surface area contributed by atoms with Crippen molar-refractivity contribution in [3.63, 3.8) is 0 Å². The molecule has 4 nitrogen and oxygen atoms in total. The summed E-state index contributed by atoms with van der Waals surface area (Å²) in [5.41, 5.74) is 0. The number of aromatic nitrogens is 2. The van der Waals surface area contributed by atoms with Crippen molar-refractivity contribution in [3.05, 3.63) is 11.9 Å². The van der Waals surface area contributed by atoms with E-state index in [0.29, 0.717) is 6.04 Å². The van der Waals surface area contributed by atoms with Crippen molar-refractivity contribution in [1.29, 1.82) is 0 Å². The Morgan fingerprint density at radius 2 is 1.79 bits per heavy atom. The average Bonchev–Trinajstić information content (AvgIpc) is 2.27. The molecule has 19 heavy (non-hydrogen) atoms. The molecule has 0 aliphatic rings. The van der Waals surface area contributed by atoms with Gasteiger partial charge in [0.1, 0.15) is 17.5 Å². The van der Waals surface area contributed by atoms with Crippen LogP contribution in [0, 0.1) is 12.8 Å². The van der Waals surface area contributed by atoms with Gasteiger partial charge in [0.2, 0.25) is 0 Å². The third-order valence-corrected chi connectivity index (χ3v) is 3.01. The molecule has 0 aliphatic carbocycles. The Morgan fingerprint density at radius 1 is 1.11 bits per heavy atom. The summed E-state index contributed by atoms with van der Waals surface area (Å²) < 4.78 is 0. The van der Waals surface area contributed by atoms with Crippen molar-refractivity contribution in [2.24, 2.45) is 5.92 Å². The van der Waals surface area contributed by atoms with Crippen molar-refractivity contribution in [3.8, 4) is 0 Å². The van der Waals surface area contributed by atoms with Gasteiger partial charge in [-0.2, -0.15) is 0 Å². The monoisotopic (exact) mass is 264 g/mol. The fraction of sp³-hybridized carbons (Fsp3) is 0.733. The summed E-state index contributed by atoms with van der Waals surface area (Å²) in [7, 11) is 0. The lowest BCUT2D eigenvalue weighted by molar-refractivity contribution is 0.520. The van der Waals surface area contributed by atoms with Crippen LogP contribution in [0.25, 0.3) is 0 Å². The van der Waals surface area contributed by atoms with E-state index in [1.54, 1.807) is 0 Å². The second-order valence-electron chi connectivity index (χ2n) is 5.59. The molecule has 1 unspecified atom stereocenters. The minimum Gasteiger partial charge on any atom is -0.370 e. The highest BCUT2D eigenvalue weighted by atomic mass is 15.1. The SMILES string of the molecule is CCNc1cc(NC(C)CCCC(C)C)nc(C)n1. The lowest BCUT2D eigenvalue weighted by atomic mass is 10.0. The van der Waals surface area contributed by atoms with Gasteiger partial charge in [0.25, 0.3) is 0 Å². The van der Waals surface area contributed by atoms with Crippen molar-refractivity contribution >= 4 is 11.6 Å². The summed E-state index contributed by atoms with van der Waals surface area (Å²) in [6.45, 7) is 11.6. The zero-order chi connectivity index (χ0) is 14.3. The highest BCUT2D eigenvalue weighted by Crippen LogP contribution is 2.15. The first-order chi connectivity index (χ1) is 9.01. The molecule has 1 aromatic rings. The Balaban J connectivity index is 2.51. The van der Waals surface area contributed by atoms with Crippen molar-refractivity contribution in [2.75, 3.05) is 17.2 Å². The standard InChI is InChI=1S/C15H28N4/c1-6-16-14-10-15(19-13(5)18-14)17-12(4)9-7-8-11(2)3/h10-12H,6-9H2,1-5H3,(H2,16,17,18,19). The Hall–Kier alpha value is -1.32. The highest BCUT2D eigenvalue weighted by molar-refractivity contribution is 5.47. The molecule has 0 aliphatic heterocycles. The maximum atomic E-state index is 4.44. The molecule has 1 rings (SSSR count). The smallest absolute Gasteiger partial charge is 0.132 e. The average molecular weight is 264 g/mol. The number of nitrogens with zero attached hydrogens (tertiary/aromatic N) is 2. The van der Waals surface area contributed by atoms with E-state index in [0.717, 1.165) is 29.9 Å². The first kappa shape index (κ1) is 15.7. The fourth-order valence-corrected chi connectivity index (χ4v) is 2.07. The molecule has 1 aromatic heterocycles. The zero-order valence-electron chi connectivity index (χ0n) is 13.0. The van der Waals surface area contributed by atoms with Gasteiger partial charge in [-0.25, -0.2) is 9.97 Å². The topological polar surface area (TPSA) is 49.8 Å². The van der Waals surface area contributed by atoms with Crippen LogP contribution < -0.4 is 10.6 Å². The molecular formula is C15H28N4. The summed E-state index contributed by atoms with van der Waals surface area (Å²) >= 11 is 0. The summed E-state index contributed by atoms with van der Waals surface area (Å²) in [5.74, 6) is 3.40. The van der Waals surface area contributed by atoms with Crippen molar-refractivity contribution < 1.29 is 0 Å². The number of aryl methyl sites for hydroxylation is 1. The van der Waals surface area contributed by atoms with Crippen LogP contribution >= 0.6 is 0 Å². The maximum absolute atomic E-state index is 4.44. The largest absolute Gasteiger partial charge is 0.370 e. The van der Waals surface area contributed by atoms with Gasteiger partial charge >= 0.3 is 0 Å². The first-order valence-electron chi connectivity index (χ1n) is 7.37. The minimum atomic E-state index is 0.447. The quantitative estimate of drug-likeness (QED) is 0.749. The van der Waals surface area contributed by atoms with Crippen LogP contribution in [0.5, 0.6) is 0 Å². The van der Waals surface area contributed by atoms with E-state index >= 15 is 0 Å². The van der Waals surface area contributed by atoms with Crippen LogP contribution in [-0.4, -0.2) is 22.6 Å². The maximum Gasteiger partial charge on any atom is 0.132 e. The summed E-state index contributed by atoms with van der Waals surface area (Å²) in [5, 5.41) is 6.69. The van der Waals surface area contributed by atoms with Gasteiger partial charge in [0, 0.05) is 18.7 Å². The van der Waals surface area contributed by atoms with Crippen LogP contribution in [0.15, 0.2) is 6.07 Å². The number of anilines is 2. The molecule has 0 saturated carbocycles. The third-order valence-electron chi connectivity index (χ3n) is 3.01. The number of hydrogen-bond acceptors (Lipinski definition) is 4. The number of hydrogen-bond donors (Lipinski definition) is 2. The lowest BCUT2D eigenvalue weighted by Crippen LogP contribution is -2.17. The molecule has 108 valence electrons. The molecule has 0 aromatic carbocycles. The number of nitrogens with one attached hydrogen (secondary N) is 2. The van der Waals surface area contributed by atoms with Gasteiger partial charge in [-0.15, -0.1) is 0 Å². The van der Waals surface area contributed by atoms with E-state index in [1.807, 2.05) is 13.0 Å². The molecule has 0 fully saturated rings. The lowest BCUT2D eigenvalue weighted by Gasteiger charge is -2.16. The van der Waals surface area contributed by atoms with Crippen LogP contribution in [0.2, 0.25) is 0 Å². The Kier molecular flexibility index (Phi) is 6.60. The van der Waals surface area contributed by atoms with Gasteiger partial charge in [-0.1, -0.05) is 26.7 Å². The van der Waals surface area contributed by atoms with E-state index in [1.165, 1.54) is 19.3 Å². The molecule has 0 radical (unpaired) electrons. The third kappa shape index (κ3) is 6.41. The molecule has 0 bridgehead atoms. The van der Waals surface area contributed by atoms with E-state index in [-0.39, 0.29) is 0 Å². The van der Waals surface area contributed by atoms with Crippen LogP contribution in [0.4, 0.5) is 11.6 Å². The van der Waals surface area contributed by atoms with E-state index in [4.69, 9.17) is 0 Å². The molecular weight excluding hydrogens is 236 g/mol. The van der Waals surface area contributed by atoms with E-state index in [9.17, 15) is 0 Å². The van der Waals surface area contributed by atoms with Gasteiger partial charge in [0.15, 0.2) is 0 Å². The first-order valence-corrected chi connectivity index (χ1v) is 7.37. The fourth-order valence-electron chi connectivity index (χ4n) is 2.07. The normalized spacial score (nSPS) is 12.5. The van der Waals surface area contributed by atoms with Gasteiger partial charge < -0.3 is 10.6 Å². The van der Waals surface area contributed by atoms with Crippen LogP contribution in [-0.2, 0) is 0 Å². The van der Waals surface area contributed by atoms with Crippen LogP contribution in [0.1, 0.15) is 52.8 Å². The molecule has 2 N–H and O–H groups in total. The Morgan fingerprint density at radius 3 is 2.42 bits per heavy atom. The predicted octanol–water partition coefficient (Wildman–Crippen LogP) is 3.84. The van der Waals surface area contributed by atoms with E-state index in [2.05, 4.69) is 48.3 Å². The minimum absolute atomic E-state index is 0.447. The zero-order valence-corrected chi connectivity index (χ0v) is 13.0. The van der Waals surface area contributed by atoms with E-state index < -0.39 is 0 Å². The van der Waals surface area contributed by atoms with Gasteiger partial charge in [-0.3, -0.25) is 0 Å². The second-order valence-corrected chi connectivity index (χ2v) is 5.59. The Bertz CT molecular complexity index is 376. The van der Waals surface area contributed by atoms with Crippen LogP contribution in [0.3, 0.4) is 0 Å². The number of rotatable bonds is 8. The van der Waals surface area contributed by atoms with Crippen molar-refractivity contribution in [2.45, 2.75) is 59.9 Å². The molecule has 0 saturated heterocycles. The summed E-state index contributed by atoms with van der Waals surface area (Å²) in [6, 6.07) is 2.43. The van der Waals surface area contributed by atoms with Gasteiger partial charge in [-0.05, 0) is 33.1 Å².